The number of aromatic nitrogens is 2. The van der Waals surface area contributed by atoms with Crippen molar-refractivity contribution in [2.75, 3.05) is 32.6 Å². The van der Waals surface area contributed by atoms with Crippen molar-refractivity contribution in [3.63, 3.8) is 0 Å². The number of aryl methyl sites for hydroxylation is 1. The summed E-state index contributed by atoms with van der Waals surface area (Å²) in [6.45, 7) is 0.588. The first kappa shape index (κ1) is 31.5. The Morgan fingerprint density at radius 2 is 1.56 bits per heavy atom. The van der Waals surface area contributed by atoms with Gasteiger partial charge in [0.2, 0.25) is 16.9 Å². The molecule has 12 heteroatoms. The number of benzene rings is 3. The summed E-state index contributed by atoms with van der Waals surface area (Å²) in [6, 6.07) is 19.9. The molecule has 2 amide bonds. The lowest BCUT2D eigenvalue weighted by atomic mass is 10.1. The lowest BCUT2D eigenvalue weighted by Crippen LogP contribution is -2.35. The fraction of sp³-hybridized carbons (Fsp3) is 0.290. The first-order chi connectivity index (χ1) is 20.7. The van der Waals surface area contributed by atoms with E-state index in [4.69, 9.17) is 9.47 Å². The van der Waals surface area contributed by atoms with Crippen molar-refractivity contribution in [1.29, 1.82) is 0 Å². The summed E-state index contributed by atoms with van der Waals surface area (Å²) in [5.41, 5.74) is 1.70. The predicted molar refractivity (Wildman–Crippen MR) is 158 cm³/mol. The van der Waals surface area contributed by atoms with Crippen molar-refractivity contribution in [2.45, 2.75) is 31.9 Å². The summed E-state index contributed by atoms with van der Waals surface area (Å²) in [4.78, 5) is 27.7. The number of halogens is 3. The summed E-state index contributed by atoms with van der Waals surface area (Å²) in [6.07, 6.45) is -2.98. The monoisotopic (exact) mass is 612 g/mol. The van der Waals surface area contributed by atoms with Crippen LogP contribution in [0.25, 0.3) is 10.6 Å². The van der Waals surface area contributed by atoms with Crippen LogP contribution in [0.2, 0.25) is 0 Å². The van der Waals surface area contributed by atoms with Gasteiger partial charge in [0.15, 0.2) is 11.5 Å². The van der Waals surface area contributed by atoms with Crippen molar-refractivity contribution in [2.24, 2.45) is 0 Å². The van der Waals surface area contributed by atoms with E-state index < -0.39 is 11.7 Å². The van der Waals surface area contributed by atoms with E-state index in [1.807, 2.05) is 48.5 Å². The second kappa shape index (κ2) is 14.6. The van der Waals surface area contributed by atoms with Crippen molar-refractivity contribution >= 4 is 28.3 Å². The lowest BCUT2D eigenvalue weighted by molar-refractivity contribution is -0.137. The summed E-state index contributed by atoms with van der Waals surface area (Å²) >= 11 is 1.05. The smallest absolute Gasteiger partial charge is 0.416 e. The van der Waals surface area contributed by atoms with Crippen LogP contribution >= 0.6 is 11.3 Å². The molecule has 0 radical (unpaired) electrons. The molecule has 0 spiro atoms. The molecule has 1 N–H and O–H groups in total. The van der Waals surface area contributed by atoms with E-state index in [2.05, 4.69) is 15.5 Å². The molecule has 0 aliphatic heterocycles. The van der Waals surface area contributed by atoms with Gasteiger partial charge in [0.25, 0.3) is 0 Å². The first-order valence-electron chi connectivity index (χ1n) is 13.5. The number of ether oxygens (including phenoxy) is 2. The van der Waals surface area contributed by atoms with Crippen LogP contribution in [-0.4, -0.2) is 54.2 Å². The van der Waals surface area contributed by atoms with Gasteiger partial charge in [0.05, 0.1) is 19.8 Å². The van der Waals surface area contributed by atoms with E-state index in [1.165, 1.54) is 12.1 Å². The van der Waals surface area contributed by atoms with E-state index >= 15 is 0 Å². The summed E-state index contributed by atoms with van der Waals surface area (Å²) in [5.74, 6) is 0.769. The van der Waals surface area contributed by atoms with Gasteiger partial charge in [0, 0.05) is 31.5 Å². The molecule has 0 fully saturated rings. The molecule has 0 aliphatic rings. The molecule has 0 unspecified atom stereocenters. The van der Waals surface area contributed by atoms with Crippen LogP contribution in [0.3, 0.4) is 0 Å². The summed E-state index contributed by atoms with van der Waals surface area (Å²) < 4.78 is 49.3. The molecule has 1 aromatic heterocycles. The number of hydrogen-bond acceptors (Lipinski definition) is 7. The standard InChI is InChI=1S/C31H31F3N4O4S/c1-41-25-14-8-22(20-26(25)42-2)16-18-38(28(40)15-9-21-6-4-3-5-7-21)19-17-27(39)35-30-37-36-29(43-30)23-10-12-24(13-11-23)31(32,33)34/h3-8,10-14,20H,9,15-19H2,1-2H3,(H,35,37,39). The number of nitrogens with one attached hydrogen (secondary N) is 1. The Balaban J connectivity index is 1.37. The fourth-order valence-corrected chi connectivity index (χ4v) is 5.09. The van der Waals surface area contributed by atoms with Crippen molar-refractivity contribution in [3.05, 3.63) is 89.5 Å². The molecule has 3 aromatic carbocycles. The van der Waals surface area contributed by atoms with Crippen LogP contribution in [0.5, 0.6) is 11.5 Å². The average molecular weight is 613 g/mol. The first-order valence-corrected chi connectivity index (χ1v) is 14.3. The second-order valence-electron chi connectivity index (χ2n) is 9.59. The third-order valence-corrected chi connectivity index (χ3v) is 7.57. The van der Waals surface area contributed by atoms with Gasteiger partial charge in [-0.2, -0.15) is 13.2 Å². The third-order valence-electron chi connectivity index (χ3n) is 6.68. The van der Waals surface area contributed by atoms with E-state index in [-0.39, 0.29) is 29.9 Å². The van der Waals surface area contributed by atoms with Crippen molar-refractivity contribution < 1.29 is 32.2 Å². The normalized spacial score (nSPS) is 11.2. The van der Waals surface area contributed by atoms with E-state index in [9.17, 15) is 22.8 Å². The Bertz CT molecular complexity index is 1510. The molecule has 8 nitrogen and oxygen atoms in total. The van der Waals surface area contributed by atoms with Gasteiger partial charge >= 0.3 is 6.18 Å². The average Bonchev–Trinajstić information content (AvgIpc) is 3.48. The van der Waals surface area contributed by atoms with E-state index in [0.717, 1.165) is 34.6 Å². The van der Waals surface area contributed by atoms with Gasteiger partial charge in [-0.15, -0.1) is 10.2 Å². The van der Waals surface area contributed by atoms with E-state index in [0.29, 0.717) is 47.9 Å². The highest BCUT2D eigenvalue weighted by Crippen LogP contribution is 2.32. The number of alkyl halides is 3. The van der Waals surface area contributed by atoms with Crippen LogP contribution in [0.15, 0.2) is 72.8 Å². The molecule has 0 bridgehead atoms. The van der Waals surface area contributed by atoms with Gasteiger partial charge in [-0.3, -0.25) is 9.59 Å². The van der Waals surface area contributed by atoms with Gasteiger partial charge in [-0.05, 0) is 48.2 Å². The highest BCUT2D eigenvalue weighted by atomic mass is 32.1. The van der Waals surface area contributed by atoms with Gasteiger partial charge in [-0.25, -0.2) is 0 Å². The molecule has 0 saturated carbocycles. The Morgan fingerprint density at radius 3 is 2.23 bits per heavy atom. The minimum Gasteiger partial charge on any atom is -0.493 e. The highest BCUT2D eigenvalue weighted by Gasteiger charge is 2.30. The van der Waals surface area contributed by atoms with Crippen LogP contribution in [0.4, 0.5) is 18.3 Å². The summed E-state index contributed by atoms with van der Waals surface area (Å²) in [7, 11) is 3.12. The summed E-state index contributed by atoms with van der Waals surface area (Å²) in [5, 5.41) is 11.2. The van der Waals surface area contributed by atoms with Crippen molar-refractivity contribution in [3.8, 4) is 22.1 Å². The number of carbonyl (C=O) groups is 2. The Hall–Kier alpha value is -4.45. The number of amides is 2. The number of hydrogen-bond donors (Lipinski definition) is 1. The molecular formula is C31H31F3N4O4S. The highest BCUT2D eigenvalue weighted by molar-refractivity contribution is 7.18. The molecule has 1 heterocycles. The third kappa shape index (κ3) is 9.02. The lowest BCUT2D eigenvalue weighted by Gasteiger charge is -2.23. The molecule has 226 valence electrons. The molecule has 0 aliphatic carbocycles. The molecule has 4 aromatic rings. The number of methoxy groups -OCH3 is 2. The zero-order valence-corrected chi connectivity index (χ0v) is 24.5. The van der Waals surface area contributed by atoms with Crippen LogP contribution in [0, 0.1) is 0 Å². The molecule has 4 rings (SSSR count). The Kier molecular flexibility index (Phi) is 10.7. The fourth-order valence-electron chi connectivity index (χ4n) is 4.33. The Morgan fingerprint density at radius 1 is 0.837 bits per heavy atom. The number of rotatable bonds is 13. The van der Waals surface area contributed by atoms with Gasteiger partial charge in [0.1, 0.15) is 5.01 Å². The largest absolute Gasteiger partial charge is 0.493 e. The van der Waals surface area contributed by atoms with E-state index in [1.54, 1.807) is 19.1 Å². The predicted octanol–water partition coefficient (Wildman–Crippen LogP) is 6.27. The SMILES string of the molecule is COc1ccc(CCN(CCC(=O)Nc2nnc(-c3ccc(C(F)(F)F)cc3)s2)C(=O)CCc2ccccc2)cc1OC. The minimum atomic E-state index is -4.43. The maximum absolute atomic E-state index is 13.2. The van der Waals surface area contributed by atoms with Gasteiger partial charge < -0.3 is 19.7 Å². The maximum atomic E-state index is 13.2. The molecule has 43 heavy (non-hydrogen) atoms. The number of anilines is 1. The van der Waals surface area contributed by atoms with Crippen LogP contribution in [0.1, 0.15) is 29.5 Å². The van der Waals surface area contributed by atoms with Crippen molar-refractivity contribution in [1.82, 2.24) is 15.1 Å². The minimum absolute atomic E-state index is 0.0260. The number of nitrogens with zero attached hydrogens (tertiary/aromatic N) is 3. The number of carbonyl (C=O) groups excluding carboxylic acids is 2. The Labute approximate surface area is 251 Å². The quantitative estimate of drug-likeness (QED) is 0.191. The van der Waals surface area contributed by atoms with Crippen LogP contribution in [-0.2, 0) is 28.6 Å². The maximum Gasteiger partial charge on any atom is 0.416 e. The zero-order valence-electron chi connectivity index (χ0n) is 23.7. The second-order valence-corrected chi connectivity index (χ2v) is 10.6. The molecule has 0 saturated heterocycles. The molecule has 0 atom stereocenters. The molecular weight excluding hydrogens is 581 g/mol. The topological polar surface area (TPSA) is 93.6 Å². The van der Waals surface area contributed by atoms with Gasteiger partial charge in [-0.1, -0.05) is 59.9 Å². The van der Waals surface area contributed by atoms with Crippen LogP contribution < -0.4 is 14.8 Å². The zero-order chi connectivity index (χ0) is 30.8.